The van der Waals surface area contributed by atoms with Crippen LogP contribution in [0, 0.1) is 6.92 Å². The van der Waals surface area contributed by atoms with Gasteiger partial charge in [-0.1, -0.05) is 30.4 Å². The third-order valence-electron chi connectivity index (χ3n) is 3.95. The summed E-state index contributed by atoms with van der Waals surface area (Å²) in [6.07, 6.45) is 1.05. The number of rotatable bonds is 5. The second-order valence-corrected chi connectivity index (χ2v) is 7.83. The summed E-state index contributed by atoms with van der Waals surface area (Å²) in [6, 6.07) is 14.6. The fourth-order valence-corrected chi connectivity index (χ4v) is 4.44. The third kappa shape index (κ3) is 3.27. The van der Waals surface area contributed by atoms with Gasteiger partial charge >= 0.3 is 0 Å². The van der Waals surface area contributed by atoms with E-state index in [1.165, 1.54) is 16.1 Å². The van der Waals surface area contributed by atoms with Gasteiger partial charge in [0.25, 0.3) is 0 Å². The maximum Gasteiger partial charge on any atom is 0.231 e. The first kappa shape index (κ1) is 16.2. The number of benzene rings is 1. The minimum atomic E-state index is 0.697. The molecule has 0 saturated heterocycles. The van der Waals surface area contributed by atoms with E-state index in [0.717, 1.165) is 29.0 Å². The van der Waals surface area contributed by atoms with Crippen molar-refractivity contribution in [2.24, 2.45) is 10.2 Å². The molecule has 126 valence electrons. The molecule has 4 rings (SSSR count). The van der Waals surface area contributed by atoms with Gasteiger partial charge in [0, 0.05) is 6.54 Å². The van der Waals surface area contributed by atoms with Crippen molar-refractivity contribution in [2.45, 2.75) is 26.8 Å². The fourth-order valence-electron chi connectivity index (χ4n) is 2.80. The average Bonchev–Trinajstić information content (AvgIpc) is 3.32. The Morgan fingerprint density at radius 3 is 2.84 bits per heavy atom. The zero-order chi connectivity index (χ0) is 17.2. The molecule has 0 bridgehead atoms. The van der Waals surface area contributed by atoms with Crippen LogP contribution in [0.15, 0.2) is 58.1 Å². The first-order valence-corrected chi connectivity index (χ1v) is 9.96. The number of fused-ring (bicyclic) bond motifs is 1. The van der Waals surface area contributed by atoms with Gasteiger partial charge in [-0.2, -0.15) is 0 Å². The highest BCUT2D eigenvalue weighted by molar-refractivity contribution is 7.21. The van der Waals surface area contributed by atoms with Gasteiger partial charge in [-0.05, 0) is 54.6 Å². The molecule has 0 aliphatic heterocycles. The van der Waals surface area contributed by atoms with Crippen LogP contribution in [0.3, 0.4) is 0 Å². The molecule has 0 radical (unpaired) electrons. The van der Waals surface area contributed by atoms with Crippen LogP contribution >= 0.6 is 22.7 Å². The molecule has 0 unspecified atom stereocenters. The summed E-state index contributed by atoms with van der Waals surface area (Å²) < 4.78 is 3.38. The molecule has 0 fully saturated rings. The van der Waals surface area contributed by atoms with Crippen molar-refractivity contribution in [2.75, 3.05) is 0 Å². The number of aryl methyl sites for hydroxylation is 1. The fraction of sp³-hybridized carbons (Fsp3) is 0.211. The summed E-state index contributed by atoms with van der Waals surface area (Å²) in [5.74, 6) is 0.876. The second kappa shape index (κ2) is 6.90. The van der Waals surface area contributed by atoms with Crippen LogP contribution < -0.4 is 0 Å². The van der Waals surface area contributed by atoms with E-state index in [1.807, 2.05) is 12.1 Å². The molecule has 3 heterocycles. The van der Waals surface area contributed by atoms with Gasteiger partial charge in [0.05, 0.1) is 20.8 Å². The van der Waals surface area contributed by atoms with E-state index in [-0.39, 0.29) is 0 Å². The molecule has 25 heavy (non-hydrogen) atoms. The van der Waals surface area contributed by atoms with E-state index in [4.69, 9.17) is 0 Å². The molecular weight excluding hydrogens is 348 g/mol. The van der Waals surface area contributed by atoms with Gasteiger partial charge in [0.2, 0.25) is 5.13 Å². The first-order chi connectivity index (χ1) is 12.2. The van der Waals surface area contributed by atoms with Crippen molar-refractivity contribution >= 4 is 43.8 Å². The molecule has 4 aromatic rings. The van der Waals surface area contributed by atoms with Gasteiger partial charge in [0.15, 0.2) is 5.82 Å². The van der Waals surface area contributed by atoms with Crippen molar-refractivity contribution in [3.8, 4) is 10.6 Å². The van der Waals surface area contributed by atoms with Crippen LogP contribution in [0.25, 0.3) is 20.8 Å². The molecule has 1 aromatic carbocycles. The average molecular weight is 367 g/mol. The maximum atomic E-state index is 4.55. The molecule has 6 heteroatoms. The Morgan fingerprint density at radius 2 is 2.04 bits per heavy atom. The Morgan fingerprint density at radius 1 is 1.12 bits per heavy atom. The van der Waals surface area contributed by atoms with Crippen LogP contribution in [-0.2, 0) is 6.54 Å². The van der Waals surface area contributed by atoms with E-state index in [0.29, 0.717) is 5.13 Å². The number of thiazole rings is 1. The molecule has 0 amide bonds. The first-order valence-electron chi connectivity index (χ1n) is 8.27. The van der Waals surface area contributed by atoms with Gasteiger partial charge in [-0.3, -0.25) is 0 Å². The molecule has 0 aliphatic carbocycles. The van der Waals surface area contributed by atoms with Gasteiger partial charge < -0.3 is 4.57 Å². The lowest BCUT2D eigenvalue weighted by Crippen LogP contribution is -1.97. The molecule has 0 saturated carbocycles. The van der Waals surface area contributed by atoms with Crippen LogP contribution in [-0.4, -0.2) is 9.55 Å². The largest absolute Gasteiger partial charge is 0.324 e. The number of nitrogens with zero attached hydrogens (tertiary/aromatic N) is 4. The Balaban J connectivity index is 1.68. The van der Waals surface area contributed by atoms with Gasteiger partial charge in [-0.15, -0.1) is 21.6 Å². The predicted molar refractivity (Wildman–Crippen MR) is 107 cm³/mol. The quantitative estimate of drug-likeness (QED) is 0.352. The third-order valence-corrected chi connectivity index (χ3v) is 5.74. The topological polar surface area (TPSA) is 42.5 Å². The molecule has 0 atom stereocenters. The number of hydrogen-bond donors (Lipinski definition) is 0. The molecular formula is C19H18N4S2. The summed E-state index contributed by atoms with van der Waals surface area (Å²) in [5.41, 5.74) is 3.41. The minimum absolute atomic E-state index is 0.697. The van der Waals surface area contributed by atoms with Crippen molar-refractivity contribution in [3.63, 3.8) is 0 Å². The number of hydrogen-bond acceptors (Lipinski definition) is 5. The van der Waals surface area contributed by atoms with E-state index in [1.54, 1.807) is 22.7 Å². The monoisotopic (exact) mass is 366 g/mol. The molecule has 0 spiro atoms. The highest BCUT2D eigenvalue weighted by Crippen LogP contribution is 2.33. The maximum absolute atomic E-state index is 4.55. The molecule has 4 nitrogen and oxygen atoms in total. The van der Waals surface area contributed by atoms with Crippen LogP contribution in [0.4, 0.5) is 10.9 Å². The number of thiophene rings is 1. The minimum Gasteiger partial charge on any atom is -0.324 e. The predicted octanol–water partition coefficient (Wildman–Crippen LogP) is 6.96. The zero-order valence-electron chi connectivity index (χ0n) is 14.1. The molecule has 0 aliphatic rings. The summed E-state index contributed by atoms with van der Waals surface area (Å²) in [6.45, 7) is 5.19. The van der Waals surface area contributed by atoms with Crippen molar-refractivity contribution < 1.29 is 0 Å². The Bertz CT molecular complexity index is 1030. The standard InChI is InChI=1S/C19H18N4S2/c1-3-10-23-15(16-5-4-11-24-16)8-9-18(23)21-22-19-20-14-7-6-13(2)12-17(14)25-19/h4-9,11-12H,3,10H2,1-2H3/b22-21+. The van der Waals surface area contributed by atoms with Gasteiger partial charge in [0.1, 0.15) is 0 Å². The molecule has 0 N–H and O–H groups in total. The van der Waals surface area contributed by atoms with E-state index in [9.17, 15) is 0 Å². The smallest absolute Gasteiger partial charge is 0.231 e. The lowest BCUT2D eigenvalue weighted by molar-refractivity contribution is 0.690. The van der Waals surface area contributed by atoms with E-state index in [2.05, 4.69) is 69.3 Å². The highest BCUT2D eigenvalue weighted by Gasteiger charge is 2.10. The second-order valence-electron chi connectivity index (χ2n) is 5.87. The van der Waals surface area contributed by atoms with E-state index < -0.39 is 0 Å². The Labute approximate surface area is 154 Å². The van der Waals surface area contributed by atoms with Crippen LogP contribution in [0.1, 0.15) is 18.9 Å². The zero-order valence-corrected chi connectivity index (χ0v) is 15.8. The lowest BCUT2D eigenvalue weighted by Gasteiger charge is -2.07. The van der Waals surface area contributed by atoms with Crippen LogP contribution in [0.5, 0.6) is 0 Å². The molecule has 3 aromatic heterocycles. The highest BCUT2D eigenvalue weighted by atomic mass is 32.1. The van der Waals surface area contributed by atoms with Crippen molar-refractivity contribution in [3.05, 3.63) is 53.4 Å². The van der Waals surface area contributed by atoms with Crippen molar-refractivity contribution in [1.29, 1.82) is 0 Å². The SMILES string of the molecule is CCCn1c(/N=N/c2nc3ccc(C)cc3s2)ccc1-c1cccs1. The Kier molecular flexibility index (Phi) is 4.46. The summed E-state index contributed by atoms with van der Waals surface area (Å²) >= 11 is 3.32. The number of aromatic nitrogens is 2. The lowest BCUT2D eigenvalue weighted by atomic mass is 10.2. The summed E-state index contributed by atoms with van der Waals surface area (Å²) in [5, 5.41) is 11.7. The summed E-state index contributed by atoms with van der Waals surface area (Å²) in [4.78, 5) is 5.81. The summed E-state index contributed by atoms with van der Waals surface area (Å²) in [7, 11) is 0. The Hall–Kier alpha value is -2.31. The van der Waals surface area contributed by atoms with E-state index >= 15 is 0 Å². The normalized spacial score (nSPS) is 11.8. The number of azo groups is 1. The van der Waals surface area contributed by atoms with Crippen LogP contribution in [0.2, 0.25) is 0 Å². The van der Waals surface area contributed by atoms with Crippen molar-refractivity contribution in [1.82, 2.24) is 9.55 Å². The van der Waals surface area contributed by atoms with Gasteiger partial charge in [-0.25, -0.2) is 4.98 Å².